The van der Waals surface area contributed by atoms with Crippen molar-refractivity contribution >= 4 is 28.3 Å². The van der Waals surface area contributed by atoms with Gasteiger partial charge >= 0.3 is 0 Å². The van der Waals surface area contributed by atoms with Gasteiger partial charge in [-0.1, -0.05) is 42.7 Å². The van der Waals surface area contributed by atoms with Crippen molar-refractivity contribution in [2.24, 2.45) is 5.92 Å². The van der Waals surface area contributed by atoms with Crippen molar-refractivity contribution in [2.75, 3.05) is 18.4 Å². The van der Waals surface area contributed by atoms with Gasteiger partial charge in [-0.25, -0.2) is 4.39 Å². The van der Waals surface area contributed by atoms with Gasteiger partial charge in [0, 0.05) is 25.4 Å². The van der Waals surface area contributed by atoms with Crippen molar-refractivity contribution < 1.29 is 14.0 Å². The van der Waals surface area contributed by atoms with Gasteiger partial charge in [0.15, 0.2) is 0 Å². The van der Waals surface area contributed by atoms with Crippen molar-refractivity contribution in [3.8, 4) is 0 Å². The topological polar surface area (TPSA) is 75.2 Å². The lowest BCUT2D eigenvalue weighted by atomic mass is 9.90. The summed E-state index contributed by atoms with van der Waals surface area (Å²) in [5.74, 6) is -0.382. The second kappa shape index (κ2) is 8.98. The van der Waals surface area contributed by atoms with Crippen LogP contribution in [0.3, 0.4) is 0 Å². The van der Waals surface area contributed by atoms with Gasteiger partial charge in [0.1, 0.15) is 10.8 Å². The Bertz CT molecular complexity index is 864. The van der Waals surface area contributed by atoms with E-state index in [1.54, 1.807) is 17.0 Å². The molecule has 29 heavy (non-hydrogen) atoms. The number of nitrogens with one attached hydrogen (secondary N) is 1. The molecule has 154 valence electrons. The number of carbonyl (C=O) groups is 2. The molecular weight excluding hydrogens is 391 g/mol. The van der Waals surface area contributed by atoms with Gasteiger partial charge in [-0.05, 0) is 37.0 Å². The zero-order valence-electron chi connectivity index (χ0n) is 16.3. The van der Waals surface area contributed by atoms with E-state index in [1.165, 1.54) is 42.7 Å². The third-order valence-electron chi connectivity index (χ3n) is 5.79. The molecule has 0 radical (unpaired) electrons. The van der Waals surface area contributed by atoms with E-state index in [9.17, 15) is 14.0 Å². The first-order chi connectivity index (χ1) is 14.1. The first-order valence-corrected chi connectivity index (χ1v) is 11.1. The van der Waals surface area contributed by atoms with Gasteiger partial charge < -0.3 is 10.2 Å². The maximum Gasteiger partial charge on any atom is 0.231 e. The maximum atomic E-state index is 13.0. The molecule has 1 atom stereocenters. The Kier molecular flexibility index (Phi) is 6.18. The van der Waals surface area contributed by atoms with Crippen LogP contribution < -0.4 is 5.32 Å². The molecule has 2 amide bonds. The minimum atomic E-state index is -0.377. The van der Waals surface area contributed by atoms with Crippen molar-refractivity contribution in [1.29, 1.82) is 0 Å². The van der Waals surface area contributed by atoms with Gasteiger partial charge in [-0.15, -0.1) is 10.2 Å². The second-order valence-electron chi connectivity index (χ2n) is 7.89. The van der Waals surface area contributed by atoms with Crippen molar-refractivity contribution in [3.63, 3.8) is 0 Å². The summed E-state index contributed by atoms with van der Waals surface area (Å²) in [6.07, 6.45) is 6.87. The SMILES string of the molecule is O=C(Nc1nnc(C2CCCCC2)s1)[C@@H]1CC(=O)N(CCc2ccc(F)cc2)C1. The summed E-state index contributed by atoms with van der Waals surface area (Å²) in [6, 6.07) is 6.28. The number of halogens is 1. The van der Waals surface area contributed by atoms with Crippen LogP contribution in [0.1, 0.15) is 55.0 Å². The fourth-order valence-corrected chi connectivity index (χ4v) is 5.00. The average molecular weight is 417 g/mol. The highest BCUT2D eigenvalue weighted by Crippen LogP contribution is 2.35. The molecule has 2 aromatic rings. The number of carbonyl (C=O) groups excluding carboxylic acids is 2. The van der Waals surface area contributed by atoms with Crippen LogP contribution in [0, 0.1) is 11.7 Å². The summed E-state index contributed by atoms with van der Waals surface area (Å²) in [5.41, 5.74) is 0.969. The van der Waals surface area contributed by atoms with E-state index in [2.05, 4.69) is 15.5 Å². The Labute approximate surface area is 173 Å². The highest BCUT2D eigenvalue weighted by atomic mass is 32.1. The maximum absolute atomic E-state index is 13.0. The molecular formula is C21H25FN4O2S. The Balaban J connectivity index is 1.28. The molecule has 1 saturated carbocycles. The number of hydrogen-bond acceptors (Lipinski definition) is 5. The number of hydrogen-bond donors (Lipinski definition) is 1. The largest absolute Gasteiger partial charge is 0.342 e. The molecule has 4 rings (SSSR count). The fourth-order valence-electron chi connectivity index (χ4n) is 4.09. The molecule has 2 aliphatic rings. The lowest BCUT2D eigenvalue weighted by Crippen LogP contribution is -2.30. The molecule has 2 heterocycles. The number of anilines is 1. The third kappa shape index (κ3) is 4.98. The summed E-state index contributed by atoms with van der Waals surface area (Å²) in [5, 5.41) is 12.8. The molecule has 0 unspecified atom stereocenters. The molecule has 1 aromatic heterocycles. The van der Waals surface area contributed by atoms with E-state index in [1.807, 2.05) is 0 Å². The molecule has 1 aliphatic heterocycles. The van der Waals surface area contributed by atoms with Crippen molar-refractivity contribution in [3.05, 3.63) is 40.7 Å². The summed E-state index contributed by atoms with van der Waals surface area (Å²) in [4.78, 5) is 26.6. The van der Waals surface area contributed by atoms with Crippen LogP contribution in [0.5, 0.6) is 0 Å². The smallest absolute Gasteiger partial charge is 0.231 e. The van der Waals surface area contributed by atoms with Gasteiger partial charge in [0.2, 0.25) is 16.9 Å². The average Bonchev–Trinajstić information content (AvgIpc) is 3.35. The molecule has 0 bridgehead atoms. The van der Waals surface area contributed by atoms with Crippen LogP contribution in [0.25, 0.3) is 0 Å². The Hall–Kier alpha value is -2.35. The van der Waals surface area contributed by atoms with Gasteiger partial charge in [-0.3, -0.25) is 9.59 Å². The van der Waals surface area contributed by atoms with Crippen molar-refractivity contribution in [2.45, 2.75) is 50.9 Å². The van der Waals surface area contributed by atoms with Crippen molar-refractivity contribution in [1.82, 2.24) is 15.1 Å². The molecule has 1 N–H and O–H groups in total. The lowest BCUT2D eigenvalue weighted by molar-refractivity contribution is -0.128. The monoisotopic (exact) mass is 416 g/mol. The predicted octanol–water partition coefficient (Wildman–Crippen LogP) is 3.75. The summed E-state index contributed by atoms with van der Waals surface area (Å²) < 4.78 is 13.0. The van der Waals surface area contributed by atoms with E-state index in [0.29, 0.717) is 30.6 Å². The lowest BCUT2D eigenvalue weighted by Gasteiger charge is -2.18. The summed E-state index contributed by atoms with van der Waals surface area (Å²) in [7, 11) is 0. The van der Waals surface area contributed by atoms with Crippen LogP contribution in [-0.4, -0.2) is 40.0 Å². The minimum Gasteiger partial charge on any atom is -0.342 e. The van der Waals surface area contributed by atoms with E-state index in [-0.39, 0.29) is 30.0 Å². The van der Waals surface area contributed by atoms with Crippen LogP contribution >= 0.6 is 11.3 Å². The molecule has 2 fully saturated rings. The zero-order chi connectivity index (χ0) is 20.2. The highest BCUT2D eigenvalue weighted by Gasteiger charge is 2.34. The van der Waals surface area contributed by atoms with Crippen LogP contribution in [0.4, 0.5) is 9.52 Å². The third-order valence-corrected chi connectivity index (χ3v) is 6.80. The highest BCUT2D eigenvalue weighted by molar-refractivity contribution is 7.15. The van der Waals surface area contributed by atoms with E-state index in [0.717, 1.165) is 23.4 Å². The number of likely N-dealkylation sites (tertiary alicyclic amines) is 1. The Morgan fingerprint density at radius 1 is 1.17 bits per heavy atom. The molecule has 6 nitrogen and oxygen atoms in total. The van der Waals surface area contributed by atoms with E-state index in [4.69, 9.17) is 0 Å². The first kappa shape index (κ1) is 19.9. The number of aromatic nitrogens is 2. The Morgan fingerprint density at radius 3 is 2.69 bits per heavy atom. The predicted molar refractivity (Wildman–Crippen MR) is 109 cm³/mol. The molecule has 8 heteroatoms. The van der Waals surface area contributed by atoms with E-state index < -0.39 is 0 Å². The van der Waals surface area contributed by atoms with Gasteiger partial charge in [0.05, 0.1) is 5.92 Å². The summed E-state index contributed by atoms with van der Waals surface area (Å²) in [6.45, 7) is 0.930. The van der Waals surface area contributed by atoms with Crippen LogP contribution in [0.15, 0.2) is 24.3 Å². The molecule has 1 aliphatic carbocycles. The fraction of sp³-hybridized carbons (Fsp3) is 0.524. The van der Waals surface area contributed by atoms with Gasteiger partial charge in [0.25, 0.3) is 0 Å². The summed E-state index contributed by atoms with van der Waals surface area (Å²) >= 11 is 1.45. The van der Waals surface area contributed by atoms with E-state index >= 15 is 0 Å². The Morgan fingerprint density at radius 2 is 1.93 bits per heavy atom. The number of benzene rings is 1. The normalized spacial score (nSPS) is 20.2. The number of amides is 2. The quantitative estimate of drug-likeness (QED) is 0.778. The molecule has 0 spiro atoms. The number of rotatable bonds is 6. The second-order valence-corrected chi connectivity index (χ2v) is 8.90. The minimum absolute atomic E-state index is 0.0209. The van der Waals surface area contributed by atoms with Crippen LogP contribution in [0.2, 0.25) is 0 Å². The zero-order valence-corrected chi connectivity index (χ0v) is 17.1. The number of nitrogens with zero attached hydrogens (tertiary/aromatic N) is 3. The molecule has 1 saturated heterocycles. The van der Waals surface area contributed by atoms with Gasteiger partial charge in [-0.2, -0.15) is 0 Å². The van der Waals surface area contributed by atoms with Crippen LogP contribution in [-0.2, 0) is 16.0 Å². The molecule has 1 aromatic carbocycles. The standard InChI is InChI=1S/C21H25FN4O2S/c22-17-8-6-14(7-9-17)10-11-26-13-16(12-18(26)27)19(28)23-21-25-24-20(29-21)15-4-2-1-3-5-15/h6-9,15-16H,1-5,10-13H2,(H,23,25,28)/t16-/m1/s1. The first-order valence-electron chi connectivity index (χ1n) is 10.2.